The third-order valence-electron chi connectivity index (χ3n) is 6.56. The zero-order valence-electron chi connectivity index (χ0n) is 18.3. The third kappa shape index (κ3) is 3.99. The summed E-state index contributed by atoms with van der Waals surface area (Å²) in [5.74, 6) is 5.49. The lowest BCUT2D eigenvalue weighted by molar-refractivity contribution is -0.136. The minimum atomic E-state index is -3.55. The van der Waals surface area contributed by atoms with Crippen molar-refractivity contribution in [2.24, 2.45) is 5.92 Å². The fourth-order valence-electron chi connectivity index (χ4n) is 4.65. The number of hydrogen-bond donors (Lipinski definition) is 2. The van der Waals surface area contributed by atoms with E-state index in [0.717, 1.165) is 11.1 Å². The summed E-state index contributed by atoms with van der Waals surface area (Å²) < 4.78 is 26.7. The van der Waals surface area contributed by atoms with Crippen molar-refractivity contribution >= 4 is 27.7 Å². The van der Waals surface area contributed by atoms with Gasteiger partial charge in [-0.25, -0.2) is 8.42 Å². The lowest BCUT2D eigenvalue weighted by atomic mass is 9.97. The number of hydrogen-bond acceptors (Lipinski definition) is 6. The van der Waals surface area contributed by atoms with Crippen LogP contribution in [0.1, 0.15) is 47.2 Å². The SMILES string of the molecule is O=C1CCC(N2Cc3c(C#CC4CCN(S(=O)(=O)c5cn[nH]c5)CC4)cccc3C2=O)C(=O)N1. The van der Waals surface area contributed by atoms with Crippen LogP contribution in [0.5, 0.6) is 0 Å². The number of piperidine rings is 2. The highest BCUT2D eigenvalue weighted by atomic mass is 32.2. The number of aromatic amines is 1. The van der Waals surface area contributed by atoms with E-state index >= 15 is 0 Å². The first kappa shape index (κ1) is 22.3. The number of amides is 3. The molecule has 11 heteroatoms. The Morgan fingerprint density at radius 2 is 1.88 bits per heavy atom. The summed E-state index contributed by atoms with van der Waals surface area (Å²) in [7, 11) is -3.55. The van der Waals surface area contributed by atoms with Gasteiger partial charge in [0.2, 0.25) is 21.8 Å². The first-order chi connectivity index (χ1) is 16.3. The zero-order valence-corrected chi connectivity index (χ0v) is 19.1. The highest BCUT2D eigenvalue weighted by Gasteiger charge is 2.39. The molecule has 2 fully saturated rings. The monoisotopic (exact) mass is 481 g/mol. The molecule has 1 aromatic carbocycles. The number of H-pyrrole nitrogens is 1. The second-order valence-corrected chi connectivity index (χ2v) is 10.6. The van der Waals surface area contributed by atoms with E-state index in [0.29, 0.717) is 37.9 Å². The van der Waals surface area contributed by atoms with Gasteiger partial charge >= 0.3 is 0 Å². The highest BCUT2D eigenvalue weighted by molar-refractivity contribution is 7.89. The van der Waals surface area contributed by atoms with Gasteiger partial charge in [-0.3, -0.25) is 24.8 Å². The average molecular weight is 482 g/mol. The van der Waals surface area contributed by atoms with Crippen LogP contribution in [0.4, 0.5) is 0 Å². The fourth-order valence-corrected chi connectivity index (χ4v) is 6.03. The average Bonchev–Trinajstić information content (AvgIpc) is 3.48. The quantitative estimate of drug-likeness (QED) is 0.488. The number of carbonyl (C=O) groups excluding carboxylic acids is 3. The second-order valence-electron chi connectivity index (χ2n) is 8.61. The Labute approximate surface area is 196 Å². The number of aromatic nitrogens is 2. The number of sulfonamides is 1. The molecule has 10 nitrogen and oxygen atoms in total. The maximum absolute atomic E-state index is 13.0. The molecule has 0 aliphatic carbocycles. The van der Waals surface area contributed by atoms with Crippen LogP contribution in [0.25, 0.3) is 0 Å². The number of fused-ring (bicyclic) bond motifs is 1. The van der Waals surface area contributed by atoms with Gasteiger partial charge in [0.25, 0.3) is 5.91 Å². The smallest absolute Gasteiger partial charge is 0.255 e. The van der Waals surface area contributed by atoms with Crippen LogP contribution in [0.15, 0.2) is 35.5 Å². The largest absolute Gasteiger partial charge is 0.322 e. The molecule has 0 saturated carbocycles. The third-order valence-corrected chi connectivity index (χ3v) is 8.42. The summed E-state index contributed by atoms with van der Waals surface area (Å²) in [6.07, 6.45) is 4.41. The minimum absolute atomic E-state index is 0.0370. The van der Waals surface area contributed by atoms with Gasteiger partial charge in [0, 0.05) is 49.3 Å². The summed E-state index contributed by atoms with van der Waals surface area (Å²) in [6, 6.07) is 4.69. The molecule has 2 N–H and O–H groups in total. The van der Waals surface area contributed by atoms with E-state index in [1.54, 1.807) is 12.1 Å². The van der Waals surface area contributed by atoms with Gasteiger partial charge in [0.1, 0.15) is 10.9 Å². The van der Waals surface area contributed by atoms with Crippen molar-refractivity contribution in [2.45, 2.75) is 43.2 Å². The number of imide groups is 1. The predicted molar refractivity (Wildman–Crippen MR) is 119 cm³/mol. The Morgan fingerprint density at radius 3 is 2.59 bits per heavy atom. The summed E-state index contributed by atoms with van der Waals surface area (Å²) in [5.41, 5.74) is 2.04. The molecule has 2 aromatic rings. The number of carbonyl (C=O) groups is 3. The van der Waals surface area contributed by atoms with Crippen molar-refractivity contribution in [3.05, 3.63) is 47.3 Å². The van der Waals surface area contributed by atoms with Crippen LogP contribution in [0, 0.1) is 17.8 Å². The molecule has 1 unspecified atom stereocenters. The van der Waals surface area contributed by atoms with Crippen molar-refractivity contribution in [2.75, 3.05) is 13.1 Å². The first-order valence-corrected chi connectivity index (χ1v) is 12.6. The van der Waals surface area contributed by atoms with Gasteiger partial charge in [0.15, 0.2) is 0 Å². The minimum Gasteiger partial charge on any atom is -0.322 e. The topological polar surface area (TPSA) is 133 Å². The molecule has 3 aliphatic heterocycles. The Bertz CT molecular complexity index is 1320. The van der Waals surface area contributed by atoms with E-state index < -0.39 is 22.0 Å². The maximum Gasteiger partial charge on any atom is 0.255 e. The molecule has 1 aromatic heterocycles. The molecule has 3 aliphatic rings. The Morgan fingerprint density at radius 1 is 1.09 bits per heavy atom. The molecule has 0 bridgehead atoms. The highest BCUT2D eigenvalue weighted by Crippen LogP contribution is 2.30. The molecular weight excluding hydrogens is 458 g/mol. The van der Waals surface area contributed by atoms with Crippen LogP contribution in [-0.2, 0) is 26.2 Å². The normalized spacial score (nSPS) is 21.7. The molecule has 0 radical (unpaired) electrons. The van der Waals surface area contributed by atoms with Gasteiger partial charge < -0.3 is 4.90 Å². The van der Waals surface area contributed by atoms with E-state index in [9.17, 15) is 22.8 Å². The van der Waals surface area contributed by atoms with E-state index in [4.69, 9.17) is 0 Å². The van der Waals surface area contributed by atoms with Crippen molar-refractivity contribution in [3.8, 4) is 11.8 Å². The Balaban J connectivity index is 1.28. The van der Waals surface area contributed by atoms with Crippen LogP contribution in [0.3, 0.4) is 0 Å². The van der Waals surface area contributed by atoms with Crippen molar-refractivity contribution < 1.29 is 22.8 Å². The van der Waals surface area contributed by atoms with Crippen molar-refractivity contribution in [1.29, 1.82) is 0 Å². The van der Waals surface area contributed by atoms with E-state index in [1.165, 1.54) is 21.6 Å². The molecule has 3 amide bonds. The van der Waals surface area contributed by atoms with E-state index in [-0.39, 0.29) is 35.6 Å². The number of nitrogens with one attached hydrogen (secondary N) is 2. The van der Waals surface area contributed by atoms with Gasteiger partial charge in [-0.1, -0.05) is 17.9 Å². The fraction of sp³-hybridized carbons (Fsp3) is 0.391. The molecular formula is C23H23N5O5S. The Kier molecular flexibility index (Phi) is 5.71. The van der Waals surface area contributed by atoms with E-state index in [2.05, 4.69) is 27.4 Å². The van der Waals surface area contributed by atoms with Crippen LogP contribution >= 0.6 is 0 Å². The second kappa shape index (κ2) is 8.70. The standard InChI is InChI=1S/C23H23N5O5S/c29-21-7-6-20(22(30)26-21)28-14-19-16(2-1-3-18(19)23(28)31)5-4-15-8-10-27(11-9-15)34(32,33)17-12-24-25-13-17/h1-3,12-13,15,20H,6-11,14H2,(H,24,25)(H,26,29,30). The molecule has 34 heavy (non-hydrogen) atoms. The lowest BCUT2D eigenvalue weighted by Gasteiger charge is -2.29. The van der Waals surface area contributed by atoms with Crippen molar-refractivity contribution in [1.82, 2.24) is 24.7 Å². The van der Waals surface area contributed by atoms with Gasteiger partial charge in [-0.15, -0.1) is 0 Å². The van der Waals surface area contributed by atoms with Gasteiger partial charge in [-0.2, -0.15) is 9.40 Å². The number of rotatable bonds is 3. The molecule has 4 heterocycles. The number of nitrogens with zero attached hydrogens (tertiary/aromatic N) is 3. The van der Waals surface area contributed by atoms with Crippen LogP contribution in [0.2, 0.25) is 0 Å². The summed E-state index contributed by atoms with van der Waals surface area (Å²) in [6.45, 7) is 1.02. The van der Waals surface area contributed by atoms with Crippen LogP contribution in [-0.4, -0.2) is 64.7 Å². The maximum atomic E-state index is 13.0. The Hall–Kier alpha value is -3.49. The molecule has 176 valence electrons. The summed E-state index contributed by atoms with van der Waals surface area (Å²) >= 11 is 0. The summed E-state index contributed by atoms with van der Waals surface area (Å²) in [4.78, 5) is 38.4. The van der Waals surface area contributed by atoms with Crippen LogP contribution < -0.4 is 5.32 Å². The number of benzene rings is 1. The first-order valence-electron chi connectivity index (χ1n) is 11.1. The zero-order chi connectivity index (χ0) is 23.9. The molecule has 1 atom stereocenters. The molecule has 0 spiro atoms. The predicted octanol–water partition coefficient (Wildman–Crippen LogP) is 0.623. The van der Waals surface area contributed by atoms with Gasteiger partial charge in [0.05, 0.1) is 6.20 Å². The summed E-state index contributed by atoms with van der Waals surface area (Å²) in [5, 5.41) is 8.56. The molecule has 2 saturated heterocycles. The molecule has 5 rings (SSSR count). The van der Waals surface area contributed by atoms with Gasteiger partial charge in [-0.05, 0) is 37.0 Å². The van der Waals surface area contributed by atoms with E-state index in [1.807, 2.05) is 6.07 Å². The van der Waals surface area contributed by atoms with Crippen molar-refractivity contribution in [3.63, 3.8) is 0 Å². The lowest BCUT2D eigenvalue weighted by Crippen LogP contribution is -2.52.